The second kappa shape index (κ2) is 6.69. The number of hydrogen-bond donors (Lipinski definition) is 2. The highest BCUT2D eigenvalue weighted by atomic mass is 15.1. The fourth-order valence-corrected chi connectivity index (χ4v) is 3.64. The second-order valence-corrected chi connectivity index (χ2v) is 6.80. The molecule has 0 amide bonds. The van der Waals surface area contributed by atoms with Crippen molar-refractivity contribution in [1.29, 1.82) is 0 Å². The molecule has 3 rings (SSSR count). The maximum Gasteiger partial charge on any atom is 0.0373 e. The van der Waals surface area contributed by atoms with Crippen LogP contribution in [0.5, 0.6) is 0 Å². The predicted molar refractivity (Wildman–Crippen MR) is 91.1 cm³/mol. The molecule has 3 N–H and O–H groups in total. The molecule has 1 aromatic carbocycles. The largest absolute Gasteiger partial charge is 0.382 e. The fourth-order valence-electron chi connectivity index (χ4n) is 3.64. The molecule has 0 radical (unpaired) electrons. The first-order valence-electron chi connectivity index (χ1n) is 8.60. The Morgan fingerprint density at radius 2 is 1.76 bits per heavy atom. The normalized spacial score (nSPS) is 26.7. The van der Waals surface area contributed by atoms with E-state index >= 15 is 0 Å². The van der Waals surface area contributed by atoms with Crippen LogP contribution in [0.3, 0.4) is 0 Å². The number of aryl methyl sites for hydroxylation is 1. The Morgan fingerprint density at radius 1 is 1.05 bits per heavy atom. The van der Waals surface area contributed by atoms with E-state index < -0.39 is 0 Å². The number of rotatable bonds is 3. The van der Waals surface area contributed by atoms with Gasteiger partial charge in [-0.3, -0.25) is 0 Å². The molecule has 1 saturated heterocycles. The summed E-state index contributed by atoms with van der Waals surface area (Å²) >= 11 is 0. The average Bonchev–Trinajstić information content (AvgIpc) is 2.52. The Morgan fingerprint density at radius 3 is 2.43 bits per heavy atom. The van der Waals surface area contributed by atoms with Crippen LogP contribution in [0.25, 0.3) is 0 Å². The molecule has 3 nitrogen and oxygen atoms in total. The van der Waals surface area contributed by atoms with Gasteiger partial charge in [-0.1, -0.05) is 0 Å². The summed E-state index contributed by atoms with van der Waals surface area (Å²) in [7, 11) is 0. The van der Waals surface area contributed by atoms with E-state index in [0.29, 0.717) is 12.1 Å². The number of nitrogens with zero attached hydrogens (tertiary/aromatic N) is 1. The van der Waals surface area contributed by atoms with Crippen molar-refractivity contribution in [3.8, 4) is 0 Å². The van der Waals surface area contributed by atoms with Crippen LogP contribution in [0.15, 0.2) is 18.2 Å². The van der Waals surface area contributed by atoms with Crippen LogP contribution < -0.4 is 16.0 Å². The van der Waals surface area contributed by atoms with E-state index in [0.717, 1.165) is 12.8 Å². The van der Waals surface area contributed by atoms with Gasteiger partial charge in [0, 0.05) is 36.5 Å². The molecule has 3 heteroatoms. The summed E-state index contributed by atoms with van der Waals surface area (Å²) in [5, 5.41) is 3.73. The van der Waals surface area contributed by atoms with E-state index in [4.69, 9.17) is 5.73 Å². The molecule has 21 heavy (non-hydrogen) atoms. The number of hydrogen-bond acceptors (Lipinski definition) is 3. The van der Waals surface area contributed by atoms with Crippen LogP contribution in [-0.2, 0) is 0 Å². The molecule has 0 unspecified atom stereocenters. The maximum absolute atomic E-state index is 5.99. The molecule has 2 aliphatic rings. The van der Waals surface area contributed by atoms with Gasteiger partial charge < -0.3 is 16.0 Å². The minimum atomic E-state index is 0.422. The SMILES string of the molecule is Cc1cc(N2CCCCC2)ccc1NC1CCC(N)CC1. The Balaban J connectivity index is 1.63. The van der Waals surface area contributed by atoms with Crippen molar-refractivity contribution < 1.29 is 0 Å². The summed E-state index contributed by atoms with van der Waals surface area (Å²) in [5.74, 6) is 0. The summed E-state index contributed by atoms with van der Waals surface area (Å²) in [6, 6.07) is 7.93. The van der Waals surface area contributed by atoms with Gasteiger partial charge in [0.1, 0.15) is 0 Å². The lowest BCUT2D eigenvalue weighted by Crippen LogP contribution is -2.33. The van der Waals surface area contributed by atoms with Crippen molar-refractivity contribution in [2.45, 2.75) is 64.0 Å². The van der Waals surface area contributed by atoms with Gasteiger partial charge >= 0.3 is 0 Å². The van der Waals surface area contributed by atoms with Crippen molar-refractivity contribution in [2.24, 2.45) is 5.73 Å². The van der Waals surface area contributed by atoms with E-state index in [2.05, 4.69) is 35.3 Å². The van der Waals surface area contributed by atoms with Gasteiger partial charge in [0.2, 0.25) is 0 Å². The van der Waals surface area contributed by atoms with E-state index in [1.54, 1.807) is 0 Å². The third kappa shape index (κ3) is 3.70. The number of nitrogens with one attached hydrogen (secondary N) is 1. The molecule has 0 atom stereocenters. The molecule has 1 aliphatic carbocycles. The number of benzene rings is 1. The summed E-state index contributed by atoms with van der Waals surface area (Å²) in [6.45, 7) is 4.66. The van der Waals surface area contributed by atoms with Crippen LogP contribution >= 0.6 is 0 Å². The Kier molecular flexibility index (Phi) is 4.69. The van der Waals surface area contributed by atoms with Crippen LogP contribution in [0.1, 0.15) is 50.5 Å². The number of nitrogens with two attached hydrogens (primary N) is 1. The molecule has 0 aromatic heterocycles. The van der Waals surface area contributed by atoms with Gasteiger partial charge in [0.25, 0.3) is 0 Å². The quantitative estimate of drug-likeness (QED) is 0.891. The van der Waals surface area contributed by atoms with Gasteiger partial charge in [-0.2, -0.15) is 0 Å². The first-order valence-corrected chi connectivity index (χ1v) is 8.60. The molecule has 1 heterocycles. The number of piperidine rings is 1. The zero-order valence-corrected chi connectivity index (χ0v) is 13.3. The van der Waals surface area contributed by atoms with Gasteiger partial charge in [-0.15, -0.1) is 0 Å². The lowest BCUT2D eigenvalue weighted by atomic mass is 9.91. The molecule has 0 bridgehead atoms. The van der Waals surface area contributed by atoms with Gasteiger partial charge in [0.15, 0.2) is 0 Å². The first-order chi connectivity index (χ1) is 10.2. The van der Waals surface area contributed by atoms with E-state index in [1.807, 2.05) is 0 Å². The lowest BCUT2D eigenvalue weighted by molar-refractivity contribution is 0.411. The van der Waals surface area contributed by atoms with Gasteiger partial charge in [-0.25, -0.2) is 0 Å². The highest BCUT2D eigenvalue weighted by molar-refractivity contribution is 5.60. The van der Waals surface area contributed by atoms with Crippen LogP contribution in [-0.4, -0.2) is 25.2 Å². The molecule has 1 aliphatic heterocycles. The molecule has 1 aromatic rings. The molecule has 1 saturated carbocycles. The summed E-state index contributed by atoms with van der Waals surface area (Å²) in [6.07, 6.45) is 8.77. The lowest BCUT2D eigenvalue weighted by Gasteiger charge is -2.31. The highest BCUT2D eigenvalue weighted by Gasteiger charge is 2.19. The zero-order chi connectivity index (χ0) is 14.7. The minimum absolute atomic E-state index is 0.422. The van der Waals surface area contributed by atoms with Gasteiger partial charge in [0.05, 0.1) is 0 Å². The molecular formula is C18H29N3. The average molecular weight is 287 g/mol. The number of anilines is 2. The molecule has 2 fully saturated rings. The standard InChI is InChI=1S/C18H29N3/c1-14-13-17(21-11-3-2-4-12-21)9-10-18(14)20-16-7-5-15(19)6-8-16/h9-10,13,15-16,20H,2-8,11-12,19H2,1H3. The molecule has 116 valence electrons. The predicted octanol–water partition coefficient (Wildman–Crippen LogP) is 3.67. The van der Waals surface area contributed by atoms with Crippen molar-refractivity contribution in [3.63, 3.8) is 0 Å². The van der Waals surface area contributed by atoms with Crippen molar-refractivity contribution >= 4 is 11.4 Å². The molecular weight excluding hydrogens is 258 g/mol. The van der Waals surface area contributed by atoms with Gasteiger partial charge in [-0.05, 0) is 75.6 Å². The second-order valence-electron chi connectivity index (χ2n) is 6.80. The van der Waals surface area contributed by atoms with Crippen molar-refractivity contribution in [3.05, 3.63) is 23.8 Å². The smallest absolute Gasteiger partial charge is 0.0373 e. The third-order valence-corrected chi connectivity index (χ3v) is 5.06. The highest BCUT2D eigenvalue weighted by Crippen LogP contribution is 2.27. The first kappa shape index (κ1) is 14.7. The minimum Gasteiger partial charge on any atom is -0.382 e. The summed E-state index contributed by atoms with van der Waals surface area (Å²) in [4.78, 5) is 2.53. The zero-order valence-electron chi connectivity index (χ0n) is 13.3. The van der Waals surface area contributed by atoms with E-state index in [1.165, 1.54) is 62.1 Å². The summed E-state index contributed by atoms with van der Waals surface area (Å²) in [5.41, 5.74) is 10.1. The van der Waals surface area contributed by atoms with Crippen LogP contribution in [0, 0.1) is 6.92 Å². The Bertz CT molecular complexity index is 458. The Hall–Kier alpha value is -1.22. The fraction of sp³-hybridized carbons (Fsp3) is 0.667. The Labute approximate surface area is 128 Å². The summed E-state index contributed by atoms with van der Waals surface area (Å²) < 4.78 is 0. The topological polar surface area (TPSA) is 41.3 Å². The van der Waals surface area contributed by atoms with E-state index in [9.17, 15) is 0 Å². The van der Waals surface area contributed by atoms with Crippen LogP contribution in [0.4, 0.5) is 11.4 Å². The maximum atomic E-state index is 5.99. The third-order valence-electron chi connectivity index (χ3n) is 5.06. The van der Waals surface area contributed by atoms with Crippen molar-refractivity contribution in [1.82, 2.24) is 0 Å². The van der Waals surface area contributed by atoms with Crippen molar-refractivity contribution in [2.75, 3.05) is 23.3 Å². The monoisotopic (exact) mass is 287 g/mol. The molecule has 0 spiro atoms. The van der Waals surface area contributed by atoms with Crippen LogP contribution in [0.2, 0.25) is 0 Å². The van der Waals surface area contributed by atoms with E-state index in [-0.39, 0.29) is 0 Å².